The quantitative estimate of drug-likeness (QED) is 0.0122. The Hall–Kier alpha value is -11.0. The molecule has 0 unspecified atom stereocenters. The summed E-state index contributed by atoms with van der Waals surface area (Å²) in [7, 11) is 4.96. The highest BCUT2D eigenvalue weighted by atomic mass is 32.2. The predicted octanol–water partition coefficient (Wildman–Crippen LogP) is 14.3. The van der Waals surface area contributed by atoms with E-state index in [2.05, 4.69) is 56.4 Å². The Labute approximate surface area is 746 Å². The molecule has 4 aliphatic rings. The lowest BCUT2D eigenvalue weighted by Gasteiger charge is -2.20. The van der Waals surface area contributed by atoms with Gasteiger partial charge in [-0.3, -0.25) is 19.6 Å². The van der Waals surface area contributed by atoms with Crippen LogP contribution in [-0.2, 0) is 90.7 Å². The second-order valence-corrected chi connectivity index (χ2v) is 33.0. The Morgan fingerprint density at radius 3 is 1.36 bits per heavy atom. The molecule has 670 valence electrons. The summed E-state index contributed by atoms with van der Waals surface area (Å²) in [4.78, 5) is 135. The van der Waals surface area contributed by atoms with Crippen LogP contribution in [0.5, 0.6) is 23.3 Å². The van der Waals surface area contributed by atoms with E-state index in [1.807, 2.05) is 72.6 Å². The lowest BCUT2D eigenvalue weighted by atomic mass is 10.1. The molecule has 125 heavy (non-hydrogen) atoms. The summed E-state index contributed by atoms with van der Waals surface area (Å²) in [5.41, 5.74) is 9.80. The average Bonchev–Trinajstić information content (AvgIpc) is 1.61. The summed E-state index contributed by atoms with van der Waals surface area (Å²) in [5, 5.41) is 18.0. The number of nitrogens with zero attached hydrogens (tertiary/aromatic N) is 11. The normalized spacial score (nSPS) is 14.2. The Kier molecular flexibility index (Phi) is 39.8. The largest absolute Gasteiger partial charge is 0.497 e. The molecule has 5 aromatic carbocycles. The minimum absolute atomic E-state index is 0.00201. The molecule has 8 aromatic rings. The van der Waals surface area contributed by atoms with Crippen LogP contribution >= 0.6 is 47.0 Å². The van der Waals surface area contributed by atoms with Gasteiger partial charge in [-0.15, -0.1) is 57.2 Å². The van der Waals surface area contributed by atoms with Crippen molar-refractivity contribution in [2.45, 2.75) is 123 Å². The van der Waals surface area contributed by atoms with Crippen LogP contribution in [-0.4, -0.2) is 228 Å². The molecular weight excluding hydrogens is 1700 g/mol. The summed E-state index contributed by atoms with van der Waals surface area (Å²) in [5.74, 6) is 3.52. The summed E-state index contributed by atoms with van der Waals surface area (Å²) >= 11 is 7.05. The third-order valence-corrected chi connectivity index (χ3v) is 23.5. The number of aromatic nitrogens is 3. The van der Waals surface area contributed by atoms with Gasteiger partial charge >= 0.3 is 29.0 Å². The first-order chi connectivity index (χ1) is 61.7. The zero-order valence-corrected chi connectivity index (χ0v) is 73.7. The predicted molar refractivity (Wildman–Crippen MR) is 464 cm³/mol. The van der Waals surface area contributed by atoms with Gasteiger partial charge in [0.25, 0.3) is 5.09 Å². The van der Waals surface area contributed by atoms with Gasteiger partial charge < -0.3 is 42.7 Å². The number of carbonyl (C=O) groups excluding carboxylic acids is 4. The Morgan fingerprint density at radius 2 is 0.872 bits per heavy atom. The number of hydrogen-bond acceptors (Lipinski definition) is 32. The van der Waals surface area contributed by atoms with Crippen LogP contribution in [0.15, 0.2) is 166 Å². The second-order valence-electron chi connectivity index (χ2n) is 28.5. The second kappa shape index (κ2) is 53.4. The molecule has 12 rings (SSSR count). The average molecular weight is 1810 g/mol. The molecule has 0 saturated carbocycles. The summed E-state index contributed by atoms with van der Waals surface area (Å²) in [6.45, 7) is 10.7. The Balaban J connectivity index is 0.000000193. The highest BCUT2D eigenvalue weighted by Gasteiger charge is 2.24. The molecule has 0 bridgehead atoms. The van der Waals surface area contributed by atoms with Crippen molar-refractivity contribution in [2.75, 3.05) is 145 Å². The topological polar surface area (TPSA) is 354 Å². The number of thioether (sulfide) groups is 4. The van der Waals surface area contributed by atoms with Crippen molar-refractivity contribution in [1.82, 2.24) is 34.6 Å². The summed E-state index contributed by atoms with van der Waals surface area (Å²) < 4.78 is 78.2. The van der Waals surface area contributed by atoms with E-state index in [1.165, 1.54) is 47.1 Å². The molecule has 7 heterocycles. The van der Waals surface area contributed by atoms with Crippen LogP contribution in [0.1, 0.15) is 142 Å². The number of pyridine rings is 3. The van der Waals surface area contributed by atoms with Crippen molar-refractivity contribution in [1.29, 1.82) is 0 Å². The smallest absolute Gasteiger partial charge is 0.475 e. The number of rotatable bonds is 40. The maximum absolute atomic E-state index is 14.6. The van der Waals surface area contributed by atoms with Gasteiger partial charge in [0.1, 0.15) is 27.2 Å². The number of ether oxygens (including phenoxy) is 8. The number of halogens is 1. The van der Waals surface area contributed by atoms with Crippen molar-refractivity contribution in [3.05, 3.63) is 243 Å². The summed E-state index contributed by atoms with van der Waals surface area (Å²) in [6, 6.07) is 40.1. The fourth-order valence-electron chi connectivity index (χ4n) is 12.9. The first-order valence-electron chi connectivity index (χ1n) is 42.0. The lowest BCUT2D eigenvalue weighted by Crippen LogP contribution is -2.24. The maximum Gasteiger partial charge on any atom is 0.475 e. The zero-order chi connectivity index (χ0) is 91.6. The molecule has 33 nitrogen and oxygen atoms in total. The van der Waals surface area contributed by atoms with Gasteiger partial charge in [-0.2, -0.15) is 4.84 Å². The molecule has 38 heteroatoms. The fraction of sp³-hybridized carbons (Fsp3) is 0.437. The van der Waals surface area contributed by atoms with Crippen LogP contribution in [0.3, 0.4) is 0 Å². The van der Waals surface area contributed by atoms with E-state index in [0.29, 0.717) is 135 Å². The van der Waals surface area contributed by atoms with Crippen molar-refractivity contribution in [2.24, 2.45) is 0 Å². The van der Waals surface area contributed by atoms with Crippen molar-refractivity contribution < 1.29 is 110 Å². The molecule has 0 radical (unpaired) electrons. The molecule has 0 atom stereocenters. The van der Waals surface area contributed by atoms with Crippen molar-refractivity contribution >= 4 is 70.9 Å². The SMILES string of the molecule is COc1cc2c(cn1)SCCN(Cc1ccc(C(=O)OCCCCO[N+](=O)[O-])cc1)C2.COc1ccc2c(n1)CN(Cc1ccc(C(=O)OCCCCO[N+](C)=O)cc1)CCS2.COc1cnc2c(c1)CN(Cc1ccc(C(=O)OCCCCO[N+](C)=O)cc1)CCS2.[2H]C([2H])([2H])Oc1ccc2c(c1)CN(Cc1ccc(C(=O)OCCCCO[N+](=O)O)c(F)c1)CCS2. The van der Waals surface area contributed by atoms with E-state index in [9.17, 15) is 48.4 Å². The van der Waals surface area contributed by atoms with Gasteiger partial charge in [0.05, 0.1) is 109 Å². The van der Waals surface area contributed by atoms with Crippen LogP contribution in [0.2, 0.25) is 0 Å². The molecule has 4 aliphatic heterocycles. The van der Waals surface area contributed by atoms with Gasteiger partial charge in [0, 0.05) is 140 Å². The first kappa shape index (κ1) is 93.2. The summed E-state index contributed by atoms with van der Waals surface area (Å²) in [6.07, 6.45) is 7.93. The number of methoxy groups -OCH3 is 4. The standard InChI is InChI=1S/C22H26FN2O6S.2C22H28N3O5S.C21H25N3O6S/c1-29-18-5-7-21-17(13-18)15-24(8-11-32-21)14-16-4-6-19(20(23)12-16)22(26)30-9-2-3-10-31-25(27)28;1-24(27)30-13-4-3-12-29-22(26)18-7-5-17(6-8-18)15-25-11-14-31-20-9-10-21(28-2)23-19(20)16-25;1-24(27)30-11-4-3-10-29-22(26)18-7-5-17(6-8-18)15-25-9-12-31-21-19(16-25)13-20(28-2)14-23-21;1-28-20-12-18-15-23(8-11-31-19(18)13-22-20)14-16-4-6-17(7-5-16)21(25)29-9-2-3-10-30-24(26)27/h4-7,12-13H,2-3,8-11,14-15H2,1H3,(H,27,28);5-10H,3-4,11-16H2,1-2H3;5-8,13-14H,3-4,9-12,15-16H2,1-2H3;4-7,12-13H,2-3,8-11,14-15H2,1H3/q3*+1;/i1D3;;;. The van der Waals surface area contributed by atoms with Gasteiger partial charge in [0.2, 0.25) is 35.7 Å². The van der Waals surface area contributed by atoms with E-state index in [4.69, 9.17) is 56.9 Å². The Bertz CT molecular complexity index is 4600. The van der Waals surface area contributed by atoms with Crippen LogP contribution in [0, 0.1) is 30.7 Å². The van der Waals surface area contributed by atoms with E-state index in [1.54, 1.807) is 117 Å². The van der Waals surface area contributed by atoms with Crippen LogP contribution in [0.4, 0.5) is 4.39 Å². The minimum Gasteiger partial charge on any atom is -0.497 e. The van der Waals surface area contributed by atoms with E-state index < -0.39 is 35.0 Å². The van der Waals surface area contributed by atoms with Crippen molar-refractivity contribution in [3.63, 3.8) is 0 Å². The number of benzene rings is 5. The first-order valence-corrected chi connectivity index (χ1v) is 44.4. The molecule has 1 N–H and O–H groups in total. The highest BCUT2D eigenvalue weighted by molar-refractivity contribution is 8.00. The Morgan fingerprint density at radius 1 is 0.440 bits per heavy atom. The van der Waals surface area contributed by atoms with Crippen molar-refractivity contribution in [3.8, 4) is 23.3 Å². The number of carbonyl (C=O) groups is 4. The highest BCUT2D eigenvalue weighted by Crippen LogP contribution is 2.35. The van der Waals surface area contributed by atoms with Crippen LogP contribution in [0.25, 0.3) is 0 Å². The minimum atomic E-state index is -2.53. The monoisotopic (exact) mass is 1810 g/mol. The van der Waals surface area contributed by atoms with Gasteiger partial charge in [-0.1, -0.05) is 42.5 Å². The third kappa shape index (κ3) is 34.8. The van der Waals surface area contributed by atoms with E-state index >= 15 is 0 Å². The van der Waals surface area contributed by atoms with E-state index in [-0.39, 0.29) is 49.7 Å². The molecule has 0 amide bonds. The van der Waals surface area contributed by atoms with Crippen LogP contribution < -0.4 is 18.9 Å². The molecule has 3 aromatic heterocycles. The lowest BCUT2D eigenvalue weighted by molar-refractivity contribution is -0.975. The van der Waals surface area contributed by atoms with Gasteiger partial charge in [0.15, 0.2) is 19.8 Å². The van der Waals surface area contributed by atoms with Gasteiger partial charge in [-0.25, -0.2) is 53.4 Å². The molecule has 0 saturated heterocycles. The third-order valence-electron chi connectivity index (χ3n) is 19.2. The number of unbranched alkanes of at least 4 members (excludes halogenated alkanes) is 4. The van der Waals surface area contributed by atoms with Gasteiger partial charge in [-0.05, 0) is 164 Å². The molecule has 0 aliphatic carbocycles. The number of esters is 4. The number of hydrogen-bond donors (Lipinski definition) is 1. The molecular formula is C87H107FN11O22S4+3. The zero-order valence-electron chi connectivity index (χ0n) is 73.4. The fourth-order valence-corrected chi connectivity index (χ4v) is 16.9. The number of fused-ring (bicyclic) bond motifs is 4. The molecule has 0 spiro atoms. The van der Waals surface area contributed by atoms with E-state index in [0.717, 1.165) is 132 Å². The molecule has 0 fully saturated rings. The maximum atomic E-state index is 14.6.